The maximum absolute atomic E-state index is 13.4. The van der Waals surface area contributed by atoms with Gasteiger partial charge in [-0.2, -0.15) is 0 Å². The number of aliphatic hydroxyl groups excluding tert-OH is 1. The molecule has 0 atom stereocenters. The lowest BCUT2D eigenvalue weighted by molar-refractivity contribution is 0.127. The minimum Gasteiger partial charge on any atom is -0.396 e. The predicted molar refractivity (Wildman–Crippen MR) is 69.2 cm³/mol. The van der Waals surface area contributed by atoms with Gasteiger partial charge in [-0.3, -0.25) is 4.90 Å². The Bertz CT molecular complexity index is 378. The molecule has 1 fully saturated rings. The van der Waals surface area contributed by atoms with E-state index >= 15 is 0 Å². The first-order chi connectivity index (χ1) is 8.20. The summed E-state index contributed by atoms with van der Waals surface area (Å²) in [5, 5.41) is 9.07. The molecule has 0 saturated carbocycles. The molecular formula is C13H17BrFNO. The molecule has 94 valence electrons. The fraction of sp³-hybridized carbons (Fsp3) is 0.538. The molecule has 0 bridgehead atoms. The van der Waals surface area contributed by atoms with Gasteiger partial charge in [0.25, 0.3) is 0 Å². The van der Waals surface area contributed by atoms with Crippen LogP contribution in [0.5, 0.6) is 0 Å². The van der Waals surface area contributed by atoms with Crippen molar-refractivity contribution >= 4 is 15.9 Å². The van der Waals surface area contributed by atoms with Crippen LogP contribution in [-0.2, 0) is 6.54 Å². The summed E-state index contributed by atoms with van der Waals surface area (Å²) in [6.07, 6.45) is 2.06. The number of piperidine rings is 1. The highest BCUT2D eigenvalue weighted by molar-refractivity contribution is 9.10. The zero-order chi connectivity index (χ0) is 12.3. The summed E-state index contributed by atoms with van der Waals surface area (Å²) in [5.74, 6) is 0.245. The fourth-order valence-electron chi connectivity index (χ4n) is 2.24. The lowest BCUT2D eigenvalue weighted by Gasteiger charge is -2.31. The monoisotopic (exact) mass is 301 g/mol. The fourth-order valence-corrected chi connectivity index (χ4v) is 2.63. The third-order valence-corrected chi connectivity index (χ3v) is 4.28. The van der Waals surface area contributed by atoms with Crippen LogP contribution in [-0.4, -0.2) is 29.7 Å². The Hall–Kier alpha value is -0.450. The molecule has 1 N–H and O–H groups in total. The second-order valence-electron chi connectivity index (χ2n) is 4.62. The van der Waals surface area contributed by atoms with Gasteiger partial charge in [-0.1, -0.05) is 12.1 Å². The summed E-state index contributed by atoms with van der Waals surface area (Å²) in [6, 6.07) is 5.16. The van der Waals surface area contributed by atoms with E-state index in [-0.39, 0.29) is 12.4 Å². The Morgan fingerprint density at radius 3 is 2.71 bits per heavy atom. The Labute approximate surface area is 110 Å². The van der Waals surface area contributed by atoms with E-state index < -0.39 is 0 Å². The van der Waals surface area contributed by atoms with Crippen molar-refractivity contribution in [2.24, 2.45) is 5.92 Å². The summed E-state index contributed by atoms with van der Waals surface area (Å²) in [4.78, 5) is 2.31. The number of benzene rings is 1. The van der Waals surface area contributed by atoms with Gasteiger partial charge in [0.05, 0.1) is 4.47 Å². The number of hydrogen-bond acceptors (Lipinski definition) is 2. The third-order valence-electron chi connectivity index (χ3n) is 3.39. The zero-order valence-corrected chi connectivity index (χ0v) is 11.3. The highest BCUT2D eigenvalue weighted by atomic mass is 79.9. The number of halogens is 2. The molecule has 1 heterocycles. The van der Waals surface area contributed by atoms with E-state index in [1.807, 2.05) is 6.07 Å². The number of aliphatic hydroxyl groups is 1. The van der Waals surface area contributed by atoms with Crippen LogP contribution >= 0.6 is 15.9 Å². The van der Waals surface area contributed by atoms with Crippen LogP contribution in [0.25, 0.3) is 0 Å². The van der Waals surface area contributed by atoms with Gasteiger partial charge in [-0.25, -0.2) is 4.39 Å². The maximum atomic E-state index is 13.4. The van der Waals surface area contributed by atoms with Crippen molar-refractivity contribution in [3.05, 3.63) is 34.1 Å². The van der Waals surface area contributed by atoms with Gasteiger partial charge >= 0.3 is 0 Å². The smallest absolute Gasteiger partial charge is 0.137 e. The zero-order valence-electron chi connectivity index (χ0n) is 9.70. The van der Waals surface area contributed by atoms with Gasteiger partial charge in [-0.05, 0) is 59.4 Å². The van der Waals surface area contributed by atoms with E-state index in [2.05, 4.69) is 20.8 Å². The van der Waals surface area contributed by atoms with Crippen molar-refractivity contribution in [1.29, 1.82) is 0 Å². The predicted octanol–water partition coefficient (Wildman–Crippen LogP) is 2.79. The van der Waals surface area contributed by atoms with Gasteiger partial charge in [0.15, 0.2) is 0 Å². The molecule has 0 aromatic heterocycles. The lowest BCUT2D eigenvalue weighted by Crippen LogP contribution is -2.34. The number of likely N-dealkylation sites (tertiary alicyclic amines) is 1. The molecule has 0 radical (unpaired) electrons. The second-order valence-corrected chi connectivity index (χ2v) is 5.41. The molecule has 4 heteroatoms. The topological polar surface area (TPSA) is 23.5 Å². The van der Waals surface area contributed by atoms with Crippen LogP contribution in [0.4, 0.5) is 4.39 Å². The van der Waals surface area contributed by atoms with Gasteiger partial charge in [0.2, 0.25) is 0 Å². The van der Waals surface area contributed by atoms with Crippen LogP contribution in [0.1, 0.15) is 18.4 Å². The molecule has 0 unspecified atom stereocenters. The normalized spacial score (nSPS) is 18.5. The van der Waals surface area contributed by atoms with Gasteiger partial charge in [-0.15, -0.1) is 0 Å². The lowest BCUT2D eigenvalue weighted by atomic mass is 9.97. The van der Waals surface area contributed by atoms with Crippen molar-refractivity contribution in [2.75, 3.05) is 19.7 Å². The molecule has 0 spiro atoms. The number of nitrogens with zero attached hydrogens (tertiary/aromatic N) is 1. The first-order valence-corrected chi connectivity index (χ1v) is 6.76. The van der Waals surface area contributed by atoms with Crippen molar-refractivity contribution in [1.82, 2.24) is 4.90 Å². The largest absolute Gasteiger partial charge is 0.396 e. The average Bonchev–Trinajstić information content (AvgIpc) is 2.36. The molecule has 1 aromatic rings. The summed E-state index contributed by atoms with van der Waals surface area (Å²) in [7, 11) is 0. The van der Waals surface area contributed by atoms with Crippen LogP contribution < -0.4 is 0 Å². The van der Waals surface area contributed by atoms with Gasteiger partial charge < -0.3 is 5.11 Å². The highest BCUT2D eigenvalue weighted by Gasteiger charge is 2.19. The van der Waals surface area contributed by atoms with E-state index in [1.165, 1.54) is 6.07 Å². The minimum atomic E-state index is -0.201. The van der Waals surface area contributed by atoms with Crippen LogP contribution in [0.15, 0.2) is 22.7 Å². The first kappa shape index (κ1) is 13.0. The van der Waals surface area contributed by atoms with Crippen LogP contribution in [0.3, 0.4) is 0 Å². The molecule has 1 aliphatic heterocycles. The molecular weight excluding hydrogens is 285 g/mol. The van der Waals surface area contributed by atoms with E-state index in [0.29, 0.717) is 10.4 Å². The van der Waals surface area contributed by atoms with Crippen molar-refractivity contribution in [3.8, 4) is 0 Å². The first-order valence-electron chi connectivity index (χ1n) is 5.97. The molecule has 1 aliphatic rings. The number of hydrogen-bond donors (Lipinski definition) is 1. The molecule has 1 aromatic carbocycles. The SMILES string of the molecule is OCC1CCN(Cc2cccc(F)c2Br)CC1. The van der Waals surface area contributed by atoms with Crippen LogP contribution in [0, 0.1) is 11.7 Å². The molecule has 0 amide bonds. The molecule has 2 nitrogen and oxygen atoms in total. The summed E-state index contributed by atoms with van der Waals surface area (Å²) in [5.41, 5.74) is 0.993. The quantitative estimate of drug-likeness (QED) is 0.928. The average molecular weight is 302 g/mol. The Morgan fingerprint density at radius 1 is 1.35 bits per heavy atom. The van der Waals surface area contributed by atoms with Crippen molar-refractivity contribution in [3.63, 3.8) is 0 Å². The van der Waals surface area contributed by atoms with Gasteiger partial charge in [0.1, 0.15) is 5.82 Å². The summed E-state index contributed by atoms with van der Waals surface area (Å²) in [6.45, 7) is 3.02. The van der Waals surface area contributed by atoms with E-state index in [9.17, 15) is 4.39 Å². The van der Waals surface area contributed by atoms with Crippen molar-refractivity contribution < 1.29 is 9.50 Å². The second kappa shape index (κ2) is 5.94. The van der Waals surface area contributed by atoms with Crippen LogP contribution in [0.2, 0.25) is 0 Å². The Morgan fingerprint density at radius 2 is 2.06 bits per heavy atom. The Balaban J connectivity index is 1.95. The standard InChI is InChI=1S/C13H17BrFNO/c14-13-11(2-1-3-12(13)15)8-16-6-4-10(9-17)5-7-16/h1-3,10,17H,4-9H2. The number of rotatable bonds is 3. The van der Waals surface area contributed by atoms with E-state index in [1.54, 1.807) is 6.07 Å². The molecule has 17 heavy (non-hydrogen) atoms. The highest BCUT2D eigenvalue weighted by Crippen LogP contribution is 2.24. The summed E-state index contributed by atoms with van der Waals surface area (Å²) >= 11 is 3.29. The molecule has 2 rings (SSSR count). The van der Waals surface area contributed by atoms with Crippen molar-refractivity contribution in [2.45, 2.75) is 19.4 Å². The van der Waals surface area contributed by atoms with E-state index in [4.69, 9.17) is 5.11 Å². The molecule has 1 saturated heterocycles. The minimum absolute atomic E-state index is 0.201. The molecule has 0 aliphatic carbocycles. The third kappa shape index (κ3) is 3.27. The Kier molecular flexibility index (Phi) is 4.54. The summed E-state index contributed by atoms with van der Waals surface area (Å²) < 4.78 is 13.9. The van der Waals surface area contributed by atoms with E-state index in [0.717, 1.165) is 38.0 Å². The maximum Gasteiger partial charge on any atom is 0.137 e. The van der Waals surface area contributed by atoms with Gasteiger partial charge in [0, 0.05) is 13.2 Å².